The van der Waals surface area contributed by atoms with E-state index in [0.29, 0.717) is 10.2 Å². The highest BCUT2D eigenvalue weighted by molar-refractivity contribution is 9.10. The molecule has 0 atom stereocenters. The van der Waals surface area contributed by atoms with Crippen molar-refractivity contribution < 1.29 is 9.18 Å². The molecule has 5 heteroatoms. The van der Waals surface area contributed by atoms with Crippen LogP contribution in [0.4, 0.5) is 15.8 Å². The molecule has 0 saturated carbocycles. The summed E-state index contributed by atoms with van der Waals surface area (Å²) in [5, 5.41) is 5.98. The third-order valence-electron chi connectivity index (χ3n) is 3.25. The monoisotopic (exact) mass is 334 g/mol. The van der Waals surface area contributed by atoms with Crippen molar-refractivity contribution in [1.29, 1.82) is 0 Å². The maximum atomic E-state index is 13.7. The number of amides is 1. The molecule has 1 aliphatic rings. The summed E-state index contributed by atoms with van der Waals surface area (Å²) in [6.07, 6.45) is 0.935. The Hall–Kier alpha value is -1.88. The van der Waals surface area contributed by atoms with Gasteiger partial charge in [0.05, 0.1) is 5.56 Å². The van der Waals surface area contributed by atoms with Crippen LogP contribution < -0.4 is 10.6 Å². The van der Waals surface area contributed by atoms with Gasteiger partial charge in [-0.15, -0.1) is 0 Å². The lowest BCUT2D eigenvalue weighted by Crippen LogP contribution is -2.13. The Morgan fingerprint density at radius 2 is 2.10 bits per heavy atom. The minimum absolute atomic E-state index is 0.0259. The van der Waals surface area contributed by atoms with Crippen LogP contribution in [0.25, 0.3) is 0 Å². The average Bonchev–Trinajstić information content (AvgIpc) is 2.89. The van der Waals surface area contributed by atoms with Gasteiger partial charge in [0, 0.05) is 22.4 Å². The maximum absolute atomic E-state index is 13.7. The van der Waals surface area contributed by atoms with E-state index >= 15 is 0 Å². The molecule has 0 radical (unpaired) electrons. The lowest BCUT2D eigenvalue weighted by atomic mass is 10.1. The van der Waals surface area contributed by atoms with Crippen molar-refractivity contribution in [3.05, 3.63) is 57.8 Å². The van der Waals surface area contributed by atoms with Gasteiger partial charge in [0.2, 0.25) is 0 Å². The largest absolute Gasteiger partial charge is 0.384 e. The Morgan fingerprint density at radius 3 is 2.95 bits per heavy atom. The molecule has 0 unspecified atom stereocenters. The average molecular weight is 335 g/mol. The molecule has 0 aliphatic carbocycles. The summed E-state index contributed by atoms with van der Waals surface area (Å²) in [4.78, 5) is 12.1. The number of rotatable bonds is 2. The fourth-order valence-corrected chi connectivity index (χ4v) is 2.61. The van der Waals surface area contributed by atoms with Crippen molar-refractivity contribution in [2.75, 3.05) is 17.2 Å². The summed E-state index contributed by atoms with van der Waals surface area (Å²) >= 11 is 3.24. The Balaban J connectivity index is 1.84. The van der Waals surface area contributed by atoms with Crippen LogP contribution in [0.2, 0.25) is 0 Å². The SMILES string of the molecule is O=C(Nc1ccc2c(c1)CCN2)c1cc(Br)ccc1F. The molecule has 2 N–H and O–H groups in total. The fraction of sp³-hybridized carbons (Fsp3) is 0.133. The van der Waals surface area contributed by atoms with Gasteiger partial charge in [-0.25, -0.2) is 4.39 Å². The van der Waals surface area contributed by atoms with E-state index in [1.54, 1.807) is 6.07 Å². The first-order valence-electron chi connectivity index (χ1n) is 6.27. The van der Waals surface area contributed by atoms with Gasteiger partial charge in [0.25, 0.3) is 5.91 Å². The second kappa shape index (κ2) is 5.25. The van der Waals surface area contributed by atoms with E-state index in [9.17, 15) is 9.18 Å². The minimum Gasteiger partial charge on any atom is -0.384 e. The summed E-state index contributed by atoms with van der Waals surface area (Å²) < 4.78 is 14.3. The summed E-state index contributed by atoms with van der Waals surface area (Å²) in [5.41, 5.74) is 2.96. The molecule has 3 nitrogen and oxygen atoms in total. The Bertz CT molecular complexity index is 688. The molecule has 20 heavy (non-hydrogen) atoms. The molecular formula is C15H12BrFN2O. The number of carbonyl (C=O) groups is 1. The first kappa shape index (κ1) is 13.1. The van der Waals surface area contributed by atoms with Crippen LogP contribution in [0.1, 0.15) is 15.9 Å². The smallest absolute Gasteiger partial charge is 0.258 e. The molecule has 0 spiro atoms. The number of carbonyl (C=O) groups excluding carboxylic acids is 1. The van der Waals surface area contributed by atoms with E-state index in [-0.39, 0.29) is 5.56 Å². The van der Waals surface area contributed by atoms with Gasteiger partial charge < -0.3 is 10.6 Å². The van der Waals surface area contributed by atoms with Gasteiger partial charge in [-0.1, -0.05) is 15.9 Å². The van der Waals surface area contributed by atoms with Crippen molar-refractivity contribution in [3.8, 4) is 0 Å². The molecule has 1 aliphatic heterocycles. The Labute approximate surface area is 124 Å². The molecule has 3 rings (SSSR count). The minimum atomic E-state index is -0.534. The van der Waals surface area contributed by atoms with Crippen molar-refractivity contribution in [2.24, 2.45) is 0 Å². The number of hydrogen-bond donors (Lipinski definition) is 2. The Morgan fingerprint density at radius 1 is 1.25 bits per heavy atom. The number of benzene rings is 2. The normalized spacial score (nSPS) is 12.7. The van der Waals surface area contributed by atoms with Crippen molar-refractivity contribution in [3.63, 3.8) is 0 Å². The molecule has 1 heterocycles. The zero-order chi connectivity index (χ0) is 14.1. The second-order valence-electron chi connectivity index (χ2n) is 4.63. The lowest BCUT2D eigenvalue weighted by molar-refractivity contribution is 0.102. The van der Waals surface area contributed by atoms with E-state index in [1.807, 2.05) is 18.2 Å². The van der Waals surface area contributed by atoms with Crippen LogP contribution >= 0.6 is 15.9 Å². The van der Waals surface area contributed by atoms with E-state index in [4.69, 9.17) is 0 Å². The zero-order valence-electron chi connectivity index (χ0n) is 10.5. The molecule has 1 amide bonds. The molecule has 0 fully saturated rings. The molecule has 0 aromatic heterocycles. The van der Waals surface area contributed by atoms with Gasteiger partial charge in [0.15, 0.2) is 0 Å². The van der Waals surface area contributed by atoms with Gasteiger partial charge in [-0.3, -0.25) is 4.79 Å². The molecule has 0 saturated heterocycles. The van der Waals surface area contributed by atoms with Gasteiger partial charge in [0.1, 0.15) is 5.82 Å². The van der Waals surface area contributed by atoms with Gasteiger partial charge >= 0.3 is 0 Å². The lowest BCUT2D eigenvalue weighted by Gasteiger charge is -2.08. The molecule has 102 valence electrons. The second-order valence-corrected chi connectivity index (χ2v) is 5.54. The predicted molar refractivity (Wildman–Crippen MR) is 80.7 cm³/mol. The van der Waals surface area contributed by atoms with Crippen molar-refractivity contribution in [1.82, 2.24) is 0 Å². The molecule has 0 bridgehead atoms. The van der Waals surface area contributed by atoms with E-state index in [2.05, 4.69) is 26.6 Å². The van der Waals surface area contributed by atoms with Crippen molar-refractivity contribution >= 4 is 33.2 Å². The maximum Gasteiger partial charge on any atom is 0.258 e. The third-order valence-corrected chi connectivity index (χ3v) is 3.74. The van der Waals surface area contributed by atoms with Crippen LogP contribution in [-0.2, 0) is 6.42 Å². The standard InChI is InChI=1S/C15H12BrFN2O/c16-10-1-3-13(17)12(8-10)15(20)19-11-2-4-14-9(7-11)5-6-18-14/h1-4,7-8,18H,5-6H2,(H,19,20). The first-order valence-corrected chi connectivity index (χ1v) is 7.06. The number of anilines is 2. The summed E-state index contributed by atoms with van der Waals surface area (Å²) in [6, 6.07) is 9.96. The van der Waals surface area contributed by atoms with Crippen LogP contribution in [0, 0.1) is 5.82 Å². The van der Waals surface area contributed by atoms with Gasteiger partial charge in [-0.2, -0.15) is 0 Å². The van der Waals surface area contributed by atoms with Crippen LogP contribution in [0.3, 0.4) is 0 Å². The molecular weight excluding hydrogens is 323 g/mol. The highest BCUT2D eigenvalue weighted by Gasteiger charge is 2.14. The number of fused-ring (bicyclic) bond motifs is 1. The zero-order valence-corrected chi connectivity index (χ0v) is 12.1. The van der Waals surface area contributed by atoms with E-state index in [1.165, 1.54) is 12.1 Å². The third kappa shape index (κ3) is 2.54. The predicted octanol–water partition coefficient (Wildman–Crippen LogP) is 3.81. The summed E-state index contributed by atoms with van der Waals surface area (Å²) in [6.45, 7) is 0.910. The fourth-order valence-electron chi connectivity index (χ4n) is 2.25. The quantitative estimate of drug-likeness (QED) is 0.876. The van der Waals surface area contributed by atoms with Crippen LogP contribution in [0.5, 0.6) is 0 Å². The first-order chi connectivity index (χ1) is 9.63. The summed E-state index contributed by atoms with van der Waals surface area (Å²) in [5.74, 6) is -0.983. The molecule has 2 aromatic carbocycles. The number of nitrogens with one attached hydrogen (secondary N) is 2. The van der Waals surface area contributed by atoms with E-state index in [0.717, 1.165) is 24.2 Å². The topological polar surface area (TPSA) is 41.1 Å². The van der Waals surface area contributed by atoms with Crippen LogP contribution in [-0.4, -0.2) is 12.5 Å². The Kier molecular flexibility index (Phi) is 3.44. The van der Waals surface area contributed by atoms with E-state index < -0.39 is 11.7 Å². The van der Waals surface area contributed by atoms with Crippen LogP contribution in [0.15, 0.2) is 40.9 Å². The highest BCUT2D eigenvalue weighted by Crippen LogP contribution is 2.26. The number of hydrogen-bond acceptors (Lipinski definition) is 2. The molecule has 2 aromatic rings. The number of halogens is 2. The van der Waals surface area contributed by atoms with Gasteiger partial charge in [-0.05, 0) is 48.4 Å². The highest BCUT2D eigenvalue weighted by atomic mass is 79.9. The summed E-state index contributed by atoms with van der Waals surface area (Å²) in [7, 11) is 0. The van der Waals surface area contributed by atoms with Crippen molar-refractivity contribution in [2.45, 2.75) is 6.42 Å².